The number of carbonyl (C=O) groups is 1. The van der Waals surface area contributed by atoms with Crippen LogP contribution in [0.4, 0.5) is 22.0 Å². The number of ether oxygens (including phenoxy) is 2. The molecule has 1 heterocycles. The fourth-order valence-electron chi connectivity index (χ4n) is 5.67. The number of alkyl halides is 5. The summed E-state index contributed by atoms with van der Waals surface area (Å²) in [6, 6.07) is 12.6. The predicted octanol–water partition coefficient (Wildman–Crippen LogP) is 8.46. The molecule has 11 heteroatoms. The molecule has 0 aliphatic carbocycles. The van der Waals surface area contributed by atoms with Gasteiger partial charge in [0.05, 0.1) is 19.3 Å². The van der Waals surface area contributed by atoms with Gasteiger partial charge in [-0.25, -0.2) is 4.79 Å². The summed E-state index contributed by atoms with van der Waals surface area (Å²) in [5, 5.41) is 9.98. The smallest absolute Gasteiger partial charge is 0.453 e. The van der Waals surface area contributed by atoms with Crippen LogP contribution in [0.2, 0.25) is 0 Å². The molecule has 0 radical (unpaired) electrons. The number of halogens is 5. The summed E-state index contributed by atoms with van der Waals surface area (Å²) in [5.74, 6) is -3.99. The highest BCUT2D eigenvalue weighted by Gasteiger charge is 2.56. The number of phenols is 1. The summed E-state index contributed by atoms with van der Waals surface area (Å²) >= 11 is 0. The van der Waals surface area contributed by atoms with Gasteiger partial charge in [-0.3, -0.25) is 4.21 Å². The molecule has 0 spiro atoms. The van der Waals surface area contributed by atoms with Crippen molar-refractivity contribution in [1.82, 2.24) is 0 Å². The Labute approximate surface area is 252 Å². The molecule has 2 aromatic rings. The van der Waals surface area contributed by atoms with Crippen molar-refractivity contribution >= 4 is 16.8 Å². The maximum absolute atomic E-state index is 13.0. The van der Waals surface area contributed by atoms with Crippen molar-refractivity contribution in [1.29, 1.82) is 0 Å². The molecule has 2 aromatic carbocycles. The normalized spacial score (nSPS) is 19.4. The molecule has 0 fully saturated rings. The molecule has 1 unspecified atom stereocenters. The largest absolute Gasteiger partial charge is 0.508 e. The van der Waals surface area contributed by atoms with Crippen LogP contribution < -0.4 is 4.74 Å². The first-order valence-corrected chi connectivity index (χ1v) is 16.2. The lowest BCUT2D eigenvalue weighted by Crippen LogP contribution is -2.40. The maximum Gasteiger partial charge on any atom is 0.453 e. The van der Waals surface area contributed by atoms with Crippen LogP contribution in [0.25, 0.3) is 0 Å². The van der Waals surface area contributed by atoms with Gasteiger partial charge in [-0.05, 0) is 48.6 Å². The molecule has 0 saturated carbocycles. The van der Waals surface area contributed by atoms with E-state index in [-0.39, 0.29) is 22.8 Å². The molecule has 0 saturated heterocycles. The van der Waals surface area contributed by atoms with E-state index < -0.39 is 41.7 Å². The van der Waals surface area contributed by atoms with Crippen LogP contribution in [-0.2, 0) is 21.0 Å². The highest BCUT2D eigenvalue weighted by Crippen LogP contribution is 2.49. The Morgan fingerprint density at radius 3 is 2.19 bits per heavy atom. The number of esters is 1. The minimum absolute atomic E-state index is 0.131. The van der Waals surface area contributed by atoms with E-state index in [0.29, 0.717) is 30.1 Å². The van der Waals surface area contributed by atoms with Crippen LogP contribution in [0.5, 0.6) is 11.5 Å². The predicted molar refractivity (Wildman–Crippen MR) is 157 cm³/mol. The van der Waals surface area contributed by atoms with Gasteiger partial charge in [0.2, 0.25) is 0 Å². The number of fused-ring (bicyclic) bond motifs is 1. The van der Waals surface area contributed by atoms with Crippen LogP contribution in [0, 0.1) is 0 Å². The van der Waals surface area contributed by atoms with Crippen molar-refractivity contribution in [3.63, 3.8) is 0 Å². The first-order valence-electron chi connectivity index (χ1n) is 14.7. The van der Waals surface area contributed by atoms with E-state index in [9.17, 15) is 36.1 Å². The summed E-state index contributed by atoms with van der Waals surface area (Å²) in [6.45, 7) is 2.59. The second-order valence-corrected chi connectivity index (χ2v) is 13.2. The van der Waals surface area contributed by atoms with Gasteiger partial charge in [0, 0.05) is 46.1 Å². The zero-order chi connectivity index (χ0) is 31.7. The average molecular weight is 633 g/mol. The van der Waals surface area contributed by atoms with E-state index in [2.05, 4.69) is 6.92 Å². The number of hydrogen-bond donors (Lipinski definition) is 1. The Morgan fingerprint density at radius 2 is 1.56 bits per heavy atom. The average Bonchev–Trinajstić information content (AvgIpc) is 2.96. The highest BCUT2D eigenvalue weighted by molar-refractivity contribution is 7.84. The van der Waals surface area contributed by atoms with Crippen molar-refractivity contribution in [3.05, 3.63) is 59.2 Å². The Balaban J connectivity index is 1.43. The number of hydrogen-bond acceptors (Lipinski definition) is 5. The van der Waals surface area contributed by atoms with Gasteiger partial charge < -0.3 is 14.6 Å². The molecule has 0 aromatic heterocycles. The zero-order valence-electron chi connectivity index (χ0n) is 24.7. The summed E-state index contributed by atoms with van der Waals surface area (Å²) in [5.41, 5.74) is 2.22. The Kier molecular flexibility index (Phi) is 12.4. The van der Waals surface area contributed by atoms with Crippen molar-refractivity contribution in [2.24, 2.45) is 0 Å². The molecule has 1 aliphatic heterocycles. The lowest BCUT2D eigenvalue weighted by atomic mass is 9.66. The summed E-state index contributed by atoms with van der Waals surface area (Å²) in [4.78, 5) is 11.9. The zero-order valence-corrected chi connectivity index (χ0v) is 25.5. The topological polar surface area (TPSA) is 72.8 Å². The third-order valence-corrected chi connectivity index (χ3v) is 9.76. The number of rotatable bonds is 16. The highest BCUT2D eigenvalue weighted by atomic mass is 32.2. The number of methoxy groups -OCH3 is 1. The van der Waals surface area contributed by atoms with E-state index in [0.717, 1.165) is 56.1 Å². The van der Waals surface area contributed by atoms with Gasteiger partial charge >= 0.3 is 18.1 Å². The molecule has 0 bridgehead atoms. The molecule has 3 atom stereocenters. The van der Waals surface area contributed by atoms with Gasteiger partial charge in [0.1, 0.15) is 11.5 Å². The molecule has 240 valence electrons. The van der Waals surface area contributed by atoms with Crippen molar-refractivity contribution in [2.75, 3.05) is 25.2 Å². The second-order valence-electron chi connectivity index (χ2n) is 11.5. The first-order chi connectivity index (χ1) is 20.3. The maximum atomic E-state index is 13.0. The van der Waals surface area contributed by atoms with E-state index in [1.165, 1.54) is 7.11 Å². The van der Waals surface area contributed by atoms with Crippen LogP contribution in [0.1, 0.15) is 98.5 Å². The lowest BCUT2D eigenvalue weighted by Gasteiger charge is -2.43. The van der Waals surface area contributed by atoms with E-state index in [1.54, 1.807) is 24.3 Å². The molecule has 1 aliphatic rings. The first kappa shape index (κ1) is 34.8. The van der Waals surface area contributed by atoms with Crippen molar-refractivity contribution in [2.45, 2.75) is 94.6 Å². The van der Waals surface area contributed by atoms with E-state index in [1.807, 2.05) is 18.2 Å². The van der Waals surface area contributed by atoms with E-state index in [4.69, 9.17) is 9.47 Å². The SMILES string of the molecule is COC(=O)c1ccc([C@@]2(C)COc3cc(O)ccc3[C@H]2CCCCCCCCCS(=O)CCCC(F)(F)C(F)(F)F)cc1. The van der Waals surface area contributed by atoms with Crippen LogP contribution in [0.3, 0.4) is 0 Å². The van der Waals surface area contributed by atoms with Crippen LogP contribution >= 0.6 is 0 Å². The number of aromatic hydroxyl groups is 1. The van der Waals surface area contributed by atoms with Gasteiger partial charge in [-0.2, -0.15) is 22.0 Å². The lowest BCUT2D eigenvalue weighted by molar-refractivity contribution is -0.284. The van der Waals surface area contributed by atoms with Gasteiger partial charge in [-0.15, -0.1) is 0 Å². The molecule has 0 amide bonds. The summed E-state index contributed by atoms with van der Waals surface area (Å²) < 4.78 is 85.5. The van der Waals surface area contributed by atoms with Gasteiger partial charge in [0.15, 0.2) is 0 Å². The van der Waals surface area contributed by atoms with Gasteiger partial charge in [0.25, 0.3) is 0 Å². The summed E-state index contributed by atoms with van der Waals surface area (Å²) in [7, 11) is -0.0440. The van der Waals surface area contributed by atoms with Crippen molar-refractivity contribution < 1.29 is 45.5 Å². The quantitative estimate of drug-likeness (QED) is 0.114. The Bertz CT molecular complexity index is 1220. The Morgan fingerprint density at radius 1 is 0.953 bits per heavy atom. The number of unbranched alkanes of at least 4 members (excludes halogenated alkanes) is 6. The standard InChI is InChI=1S/C32H41F5O5S/c1-30(24-14-12-23(13-15-24)29(39)41-2)22-42-28-21-25(38)16-17-26(28)27(30)11-8-6-4-3-5-7-9-19-43(40)20-10-18-31(33,34)32(35,36)37/h12-17,21,27,38H,3-11,18-20,22H2,1-2H3/t27-,30-,43?/m1/s1. The molecule has 3 rings (SSSR count). The monoisotopic (exact) mass is 632 g/mol. The number of phenolic OH excluding ortho intramolecular Hbond substituents is 1. The molecular formula is C32H41F5O5S. The van der Waals surface area contributed by atoms with Crippen LogP contribution in [-0.4, -0.2) is 52.6 Å². The third-order valence-electron chi connectivity index (χ3n) is 8.28. The molecular weight excluding hydrogens is 591 g/mol. The Hall–Kier alpha value is -2.69. The molecule has 43 heavy (non-hydrogen) atoms. The number of benzene rings is 2. The fraction of sp³-hybridized carbons (Fsp3) is 0.594. The van der Waals surface area contributed by atoms with Crippen LogP contribution in [0.15, 0.2) is 42.5 Å². The molecule has 1 N–H and O–H groups in total. The third kappa shape index (κ3) is 9.40. The van der Waals surface area contributed by atoms with E-state index >= 15 is 0 Å². The number of carbonyl (C=O) groups excluding carboxylic acids is 1. The minimum atomic E-state index is -5.56. The van der Waals surface area contributed by atoms with Crippen molar-refractivity contribution in [3.8, 4) is 11.5 Å². The summed E-state index contributed by atoms with van der Waals surface area (Å²) in [6.07, 6.45) is 0.0286. The second kappa shape index (κ2) is 15.3. The van der Waals surface area contributed by atoms with Gasteiger partial charge in [-0.1, -0.05) is 63.6 Å². The minimum Gasteiger partial charge on any atom is -0.508 e. The molecule has 5 nitrogen and oxygen atoms in total. The fourth-order valence-corrected chi connectivity index (χ4v) is 6.86.